The van der Waals surface area contributed by atoms with Crippen LogP contribution in [-0.4, -0.2) is 30.3 Å². The Bertz CT molecular complexity index is 653. The van der Waals surface area contributed by atoms with Crippen molar-refractivity contribution < 1.29 is 0 Å². The molecule has 4 saturated carbocycles. The van der Waals surface area contributed by atoms with Crippen molar-refractivity contribution >= 4 is 5.82 Å². The summed E-state index contributed by atoms with van der Waals surface area (Å²) in [6.45, 7) is 0. The largest absolute Gasteiger partial charge is 0.363 e. The van der Waals surface area contributed by atoms with Crippen LogP contribution in [0.25, 0.3) is 0 Å². The zero-order valence-electron chi connectivity index (χ0n) is 12.5. The predicted molar refractivity (Wildman–Crippen MR) is 81.1 cm³/mol. The van der Waals surface area contributed by atoms with Crippen molar-refractivity contribution in [2.24, 2.45) is 11.8 Å². The van der Waals surface area contributed by atoms with Crippen molar-refractivity contribution in [3.63, 3.8) is 0 Å². The molecule has 2 atom stereocenters. The minimum Gasteiger partial charge on any atom is -0.363 e. The predicted octanol–water partition coefficient (Wildman–Crippen LogP) is 2.23. The number of nitrogens with one attached hydrogen (secondary N) is 1. The molecule has 0 aliphatic heterocycles. The van der Waals surface area contributed by atoms with Crippen LogP contribution in [0.2, 0.25) is 0 Å². The first kappa shape index (κ1) is 12.6. The Labute approximate surface area is 129 Å². The summed E-state index contributed by atoms with van der Waals surface area (Å²) in [4.78, 5) is 12.8. The lowest BCUT2D eigenvalue weighted by Crippen LogP contribution is -2.62. The summed E-state index contributed by atoms with van der Waals surface area (Å²) < 4.78 is 2.14. The normalized spacial score (nSPS) is 39.1. The van der Waals surface area contributed by atoms with Gasteiger partial charge in [-0.15, -0.1) is 0 Å². The number of hydrogen-bond donors (Lipinski definition) is 1. The molecule has 2 heterocycles. The highest BCUT2D eigenvalue weighted by Gasteiger charge is 2.59. The second kappa shape index (κ2) is 4.27. The number of aromatic nitrogens is 5. The zero-order valence-corrected chi connectivity index (χ0v) is 12.5. The van der Waals surface area contributed by atoms with Crippen LogP contribution in [0.4, 0.5) is 5.82 Å². The molecule has 4 bridgehead atoms. The molecule has 6 heteroatoms. The van der Waals surface area contributed by atoms with Gasteiger partial charge in [0.1, 0.15) is 18.5 Å². The van der Waals surface area contributed by atoms with Crippen LogP contribution >= 0.6 is 0 Å². The van der Waals surface area contributed by atoms with E-state index in [2.05, 4.69) is 30.0 Å². The first-order chi connectivity index (χ1) is 10.8. The van der Waals surface area contributed by atoms with Crippen molar-refractivity contribution in [1.82, 2.24) is 24.7 Å². The molecule has 4 aliphatic rings. The van der Waals surface area contributed by atoms with E-state index in [1.54, 1.807) is 18.7 Å². The van der Waals surface area contributed by atoms with E-state index in [1.165, 1.54) is 32.1 Å². The average Bonchev–Trinajstić information content (AvgIpc) is 3.01. The van der Waals surface area contributed by atoms with Crippen LogP contribution in [0.5, 0.6) is 0 Å². The number of nitrogens with zero attached hydrogens (tertiary/aromatic N) is 5. The Morgan fingerprint density at radius 3 is 2.64 bits per heavy atom. The maximum absolute atomic E-state index is 4.49. The summed E-state index contributed by atoms with van der Waals surface area (Å²) in [5.74, 6) is 2.47. The maximum atomic E-state index is 4.49. The van der Waals surface area contributed by atoms with Gasteiger partial charge in [0.15, 0.2) is 0 Å². The lowest BCUT2D eigenvalue weighted by molar-refractivity contribution is -0.0559. The third-order valence-electron chi connectivity index (χ3n) is 5.89. The van der Waals surface area contributed by atoms with Crippen molar-refractivity contribution in [2.45, 2.75) is 49.6 Å². The van der Waals surface area contributed by atoms with Gasteiger partial charge in [0.25, 0.3) is 0 Å². The molecular formula is C16H20N6. The van der Waals surface area contributed by atoms with Crippen molar-refractivity contribution in [3.8, 4) is 0 Å². The van der Waals surface area contributed by atoms with Gasteiger partial charge in [0.05, 0.1) is 11.7 Å². The van der Waals surface area contributed by atoms with E-state index in [9.17, 15) is 0 Å². The van der Waals surface area contributed by atoms with Crippen LogP contribution in [0.3, 0.4) is 0 Å². The summed E-state index contributed by atoms with van der Waals surface area (Å²) in [6.07, 6.45) is 16.4. The molecule has 114 valence electrons. The molecule has 6 nitrogen and oxygen atoms in total. The first-order valence-electron chi connectivity index (χ1n) is 8.15. The first-order valence-corrected chi connectivity index (χ1v) is 8.15. The summed E-state index contributed by atoms with van der Waals surface area (Å²) in [5, 5.41) is 8.23. The molecule has 0 saturated heterocycles. The highest BCUT2D eigenvalue weighted by atomic mass is 15.4. The highest BCUT2D eigenvalue weighted by Crippen LogP contribution is 2.60. The van der Waals surface area contributed by atoms with Gasteiger partial charge in [-0.2, -0.15) is 5.10 Å². The van der Waals surface area contributed by atoms with Gasteiger partial charge in [-0.1, -0.05) is 0 Å². The van der Waals surface area contributed by atoms with Crippen LogP contribution in [0.15, 0.2) is 31.2 Å². The van der Waals surface area contributed by atoms with Gasteiger partial charge in [-0.25, -0.2) is 14.6 Å². The van der Waals surface area contributed by atoms with Gasteiger partial charge in [-0.05, 0) is 50.4 Å². The van der Waals surface area contributed by atoms with E-state index in [0.717, 1.165) is 24.1 Å². The fraction of sp³-hybridized carbons (Fsp3) is 0.625. The van der Waals surface area contributed by atoms with E-state index in [4.69, 9.17) is 0 Å². The van der Waals surface area contributed by atoms with Gasteiger partial charge in [0.2, 0.25) is 0 Å². The van der Waals surface area contributed by atoms with E-state index in [0.29, 0.717) is 0 Å². The summed E-state index contributed by atoms with van der Waals surface area (Å²) in [6, 6.07) is 0. The standard InChI is InChI=1S/C16H20N6/c1-2-19-14(8-17-1)21-15-4-12-3-13(5-15)7-16(6-12,9-15)22-11-18-10-20-22/h1-2,8,10-13H,3-7,9H2,(H,19,21). The second-order valence-corrected chi connectivity index (χ2v) is 7.52. The fourth-order valence-corrected chi connectivity index (χ4v) is 5.72. The van der Waals surface area contributed by atoms with Gasteiger partial charge < -0.3 is 5.32 Å². The number of anilines is 1. The quantitative estimate of drug-likeness (QED) is 0.940. The van der Waals surface area contributed by atoms with E-state index in [-0.39, 0.29) is 11.1 Å². The topological polar surface area (TPSA) is 68.5 Å². The van der Waals surface area contributed by atoms with Gasteiger partial charge in [-0.3, -0.25) is 4.98 Å². The Hall–Kier alpha value is -1.98. The SMILES string of the molecule is c1cnc(NC23CC4CC(C2)CC(n2cncn2)(C4)C3)cn1. The molecule has 2 unspecified atom stereocenters. The van der Waals surface area contributed by atoms with Gasteiger partial charge >= 0.3 is 0 Å². The highest BCUT2D eigenvalue weighted by molar-refractivity contribution is 5.37. The second-order valence-electron chi connectivity index (χ2n) is 7.52. The molecule has 0 amide bonds. The third kappa shape index (κ3) is 1.79. The van der Waals surface area contributed by atoms with Crippen LogP contribution in [0, 0.1) is 11.8 Å². The minimum absolute atomic E-state index is 0.145. The lowest BCUT2D eigenvalue weighted by Gasteiger charge is -2.62. The van der Waals surface area contributed by atoms with Crippen molar-refractivity contribution in [2.75, 3.05) is 5.32 Å². The van der Waals surface area contributed by atoms with Crippen molar-refractivity contribution in [3.05, 3.63) is 31.2 Å². The molecule has 0 spiro atoms. The smallest absolute Gasteiger partial charge is 0.144 e. The van der Waals surface area contributed by atoms with Crippen LogP contribution < -0.4 is 5.32 Å². The molecule has 1 N–H and O–H groups in total. The van der Waals surface area contributed by atoms with Crippen molar-refractivity contribution in [1.29, 1.82) is 0 Å². The zero-order chi connectivity index (χ0) is 14.6. The van der Waals surface area contributed by atoms with E-state index < -0.39 is 0 Å². The molecule has 2 aromatic rings. The fourth-order valence-electron chi connectivity index (χ4n) is 5.72. The maximum Gasteiger partial charge on any atom is 0.144 e. The monoisotopic (exact) mass is 296 g/mol. The van der Waals surface area contributed by atoms with Gasteiger partial charge in [0, 0.05) is 17.9 Å². The summed E-state index contributed by atoms with van der Waals surface area (Å²) in [5.41, 5.74) is 0.294. The molecule has 6 rings (SSSR count). The molecule has 4 fully saturated rings. The lowest BCUT2D eigenvalue weighted by atomic mass is 9.50. The summed E-state index contributed by atoms with van der Waals surface area (Å²) >= 11 is 0. The molecule has 22 heavy (non-hydrogen) atoms. The number of rotatable bonds is 3. The van der Waals surface area contributed by atoms with E-state index in [1.807, 2.05) is 12.5 Å². The molecular weight excluding hydrogens is 276 g/mol. The van der Waals surface area contributed by atoms with Crippen LogP contribution in [-0.2, 0) is 5.54 Å². The molecule has 0 radical (unpaired) electrons. The molecule has 4 aliphatic carbocycles. The molecule has 0 aromatic carbocycles. The Morgan fingerprint density at radius 2 is 1.95 bits per heavy atom. The number of hydrogen-bond acceptors (Lipinski definition) is 5. The summed E-state index contributed by atoms with van der Waals surface area (Å²) in [7, 11) is 0. The third-order valence-corrected chi connectivity index (χ3v) is 5.89. The Morgan fingerprint density at radius 1 is 1.09 bits per heavy atom. The Balaban J connectivity index is 1.52. The molecule has 2 aromatic heterocycles. The average molecular weight is 296 g/mol. The van der Waals surface area contributed by atoms with Crippen LogP contribution in [0.1, 0.15) is 38.5 Å². The Kier molecular flexibility index (Phi) is 2.44. The van der Waals surface area contributed by atoms with E-state index >= 15 is 0 Å². The minimum atomic E-state index is 0.145.